The number of methoxy groups -OCH3 is 2. The van der Waals surface area contributed by atoms with Gasteiger partial charge >= 0.3 is 6.16 Å². The molecule has 2 aromatic heterocycles. The fourth-order valence-electron chi connectivity index (χ4n) is 4.98. The predicted octanol–water partition coefficient (Wildman–Crippen LogP) is 6.26. The molecule has 13 heteroatoms. The minimum Gasteiger partial charge on any atom is -0.493 e. The first-order chi connectivity index (χ1) is 23.4. The van der Waals surface area contributed by atoms with Crippen molar-refractivity contribution in [1.29, 1.82) is 0 Å². The lowest BCUT2D eigenvalue weighted by Gasteiger charge is -2.40. The van der Waals surface area contributed by atoms with Crippen LogP contribution in [0.5, 0.6) is 17.2 Å². The van der Waals surface area contributed by atoms with Gasteiger partial charge in [0.25, 0.3) is 0 Å². The highest BCUT2D eigenvalue weighted by Crippen LogP contribution is 2.38. The Morgan fingerprint density at radius 1 is 1.00 bits per heavy atom. The molecule has 0 spiro atoms. The van der Waals surface area contributed by atoms with Crippen LogP contribution in [0.4, 0.5) is 16.6 Å². The van der Waals surface area contributed by atoms with Crippen LogP contribution in [0.2, 0.25) is 18.1 Å². The van der Waals surface area contributed by atoms with Gasteiger partial charge in [0, 0.05) is 29.1 Å². The van der Waals surface area contributed by atoms with Crippen LogP contribution in [0.15, 0.2) is 47.5 Å². The van der Waals surface area contributed by atoms with Gasteiger partial charge in [-0.05, 0) is 74.8 Å². The summed E-state index contributed by atoms with van der Waals surface area (Å²) in [5.41, 5.74) is 14.0. The molecule has 0 saturated carbocycles. The molecule has 0 saturated heterocycles. The van der Waals surface area contributed by atoms with Crippen LogP contribution >= 0.6 is 0 Å². The largest absolute Gasteiger partial charge is 0.514 e. The van der Waals surface area contributed by atoms with Gasteiger partial charge in [-0.2, -0.15) is 4.98 Å². The van der Waals surface area contributed by atoms with E-state index in [1.165, 1.54) is 6.20 Å². The Labute approximate surface area is 294 Å². The van der Waals surface area contributed by atoms with Crippen molar-refractivity contribution < 1.29 is 28.2 Å². The Bertz CT molecular complexity index is 2020. The number of ether oxygens (including phenoxy) is 4. The number of aromatic nitrogens is 3. The molecule has 0 atom stereocenters. The number of fused-ring (bicyclic) bond motifs is 1. The lowest BCUT2D eigenvalue weighted by molar-refractivity contribution is 0.103. The number of nitrogens with two attached hydrogens (primary N) is 2. The lowest BCUT2D eigenvalue weighted by Crippen LogP contribution is -2.45. The maximum Gasteiger partial charge on any atom is 0.514 e. The Morgan fingerprint density at radius 2 is 1.72 bits per heavy atom. The molecule has 4 aromatic rings. The van der Waals surface area contributed by atoms with E-state index in [4.69, 9.17) is 34.8 Å². The van der Waals surface area contributed by atoms with E-state index in [-0.39, 0.29) is 29.2 Å². The van der Waals surface area contributed by atoms with Gasteiger partial charge in [0.1, 0.15) is 5.82 Å². The number of nitrogen functional groups attached to an aromatic ring is 2. The van der Waals surface area contributed by atoms with Crippen LogP contribution in [0.1, 0.15) is 63.8 Å². The maximum atomic E-state index is 13.6. The third-order valence-electron chi connectivity index (χ3n) is 8.86. The minimum absolute atomic E-state index is 0.00778. The van der Waals surface area contributed by atoms with Gasteiger partial charge in [-0.3, -0.25) is 4.79 Å². The second kappa shape index (κ2) is 14.8. The summed E-state index contributed by atoms with van der Waals surface area (Å²) in [5.74, 6) is 7.66. The summed E-state index contributed by atoms with van der Waals surface area (Å²) in [4.78, 5) is 34.0. The summed E-state index contributed by atoms with van der Waals surface area (Å²) in [6.07, 6.45) is 2.59. The molecule has 0 bridgehead atoms. The summed E-state index contributed by atoms with van der Waals surface area (Å²) in [5, 5.41) is 0.342. The van der Waals surface area contributed by atoms with E-state index in [2.05, 4.69) is 55.7 Å². The summed E-state index contributed by atoms with van der Waals surface area (Å²) < 4.78 is 30.2. The van der Waals surface area contributed by atoms with Crippen molar-refractivity contribution in [2.75, 3.05) is 38.9 Å². The van der Waals surface area contributed by atoms with Gasteiger partial charge in [-0.15, -0.1) is 0 Å². The van der Waals surface area contributed by atoms with E-state index < -0.39 is 25.4 Å². The minimum atomic E-state index is -2.13. The fraction of sp³-hybridized carbons (Fsp3) is 0.405. The number of rotatable bonds is 10. The average molecular weight is 702 g/mol. The highest BCUT2D eigenvalue weighted by molar-refractivity contribution is 6.74. The van der Waals surface area contributed by atoms with Crippen molar-refractivity contribution >= 4 is 37.1 Å². The van der Waals surface area contributed by atoms with Gasteiger partial charge in [0.05, 0.1) is 50.2 Å². The lowest BCUT2D eigenvalue weighted by atomic mass is 10.0. The summed E-state index contributed by atoms with van der Waals surface area (Å²) in [7, 11) is 0.969. The monoisotopic (exact) mass is 701 g/mol. The quantitative estimate of drug-likeness (QED) is 0.109. The molecule has 0 aliphatic rings. The van der Waals surface area contributed by atoms with Crippen molar-refractivity contribution in [3.63, 3.8) is 0 Å². The van der Waals surface area contributed by atoms with Gasteiger partial charge in [-0.25, -0.2) is 9.78 Å². The fourth-order valence-corrected chi connectivity index (χ4v) is 6.13. The predicted molar refractivity (Wildman–Crippen MR) is 198 cm³/mol. The summed E-state index contributed by atoms with van der Waals surface area (Å²) in [6.45, 7) is 17.1. The first kappa shape index (κ1) is 37.8. The van der Waals surface area contributed by atoms with Crippen molar-refractivity contribution in [2.24, 2.45) is 0 Å². The van der Waals surface area contributed by atoms with E-state index in [1.807, 2.05) is 36.6 Å². The van der Waals surface area contributed by atoms with Gasteiger partial charge in [0.15, 0.2) is 25.6 Å². The third-order valence-corrected chi connectivity index (χ3v) is 13.3. The summed E-state index contributed by atoms with van der Waals surface area (Å²) >= 11 is 0. The normalized spacial score (nSPS) is 11.9. The van der Waals surface area contributed by atoms with E-state index >= 15 is 0 Å². The number of hydrogen-bond donors (Lipinski definition) is 2. The number of carbonyl (C=O) groups is 1. The van der Waals surface area contributed by atoms with Crippen LogP contribution < -0.4 is 31.1 Å². The van der Waals surface area contributed by atoms with Crippen LogP contribution in [0.25, 0.3) is 10.9 Å². The highest BCUT2D eigenvalue weighted by Gasteiger charge is 2.39. The Morgan fingerprint density at radius 3 is 2.34 bits per heavy atom. The number of anilines is 2. The number of hydrogen-bond acceptors (Lipinski definition) is 11. The first-order valence-electron chi connectivity index (χ1n) is 16.2. The molecule has 4 N–H and O–H groups in total. The van der Waals surface area contributed by atoms with Crippen molar-refractivity contribution in [3.8, 4) is 29.1 Å². The molecule has 12 nitrogen and oxygen atoms in total. The van der Waals surface area contributed by atoms with Gasteiger partial charge in [-0.1, -0.05) is 32.6 Å². The molecule has 50 heavy (non-hydrogen) atoms. The molecule has 0 aliphatic heterocycles. The standard InChI is InChI=1S/C37H47N5O7Si/c1-11-47-35(44)49-30-21-42(37(5,6)22-48-50(9,10)36(2,3)4)28-18-23(13-15-27(28)31(30)43)12-14-25-16-24(19-29(45-7)32(25)46-8)17-26-20-40-34(39)41-33(26)38/h13,15-16,18-21H,11,17,22H2,1-10H3,(H4,38,39,40,41). The molecule has 4 rings (SSSR count). The number of pyridine rings is 1. The van der Waals surface area contributed by atoms with Crippen molar-refractivity contribution in [2.45, 2.75) is 71.6 Å². The van der Waals surface area contributed by atoms with Crippen LogP contribution in [-0.4, -0.2) is 56.4 Å². The molecule has 0 unspecified atom stereocenters. The van der Waals surface area contributed by atoms with Crippen LogP contribution in [0, 0.1) is 11.8 Å². The van der Waals surface area contributed by atoms with E-state index in [1.54, 1.807) is 39.5 Å². The third kappa shape index (κ3) is 8.38. The van der Waals surface area contributed by atoms with Crippen LogP contribution in [-0.2, 0) is 21.1 Å². The molecule has 0 aliphatic carbocycles. The Hall–Kier alpha value is -5.06. The Kier molecular flexibility index (Phi) is 11.2. The maximum absolute atomic E-state index is 13.6. The van der Waals surface area contributed by atoms with E-state index in [0.717, 1.165) is 5.56 Å². The second-order valence-corrected chi connectivity index (χ2v) is 18.8. The molecule has 0 fully saturated rings. The molecule has 266 valence electrons. The topological polar surface area (TPSA) is 163 Å². The van der Waals surface area contributed by atoms with Crippen molar-refractivity contribution in [3.05, 3.63) is 75.2 Å². The molecule has 2 heterocycles. The average Bonchev–Trinajstić information content (AvgIpc) is 3.04. The number of carbonyl (C=O) groups excluding carboxylic acids is 1. The van der Waals surface area contributed by atoms with E-state index in [0.29, 0.717) is 52.1 Å². The van der Waals surface area contributed by atoms with Gasteiger partial charge < -0.3 is 39.4 Å². The smallest absolute Gasteiger partial charge is 0.493 e. The molecule has 0 radical (unpaired) electrons. The van der Waals surface area contributed by atoms with Crippen molar-refractivity contribution in [1.82, 2.24) is 14.5 Å². The van der Waals surface area contributed by atoms with E-state index in [9.17, 15) is 9.59 Å². The number of nitrogens with zero attached hydrogens (tertiary/aromatic N) is 3. The zero-order valence-corrected chi connectivity index (χ0v) is 31.5. The molecule has 0 amide bonds. The SMILES string of the molecule is CCOC(=O)Oc1cn(C(C)(C)CO[Si](C)(C)C(C)(C)C)c2cc(C#Cc3cc(Cc4cnc(N)nc4N)cc(OC)c3OC)ccc2c1=O. The second-order valence-electron chi connectivity index (χ2n) is 14.0. The molecule has 2 aromatic carbocycles. The highest BCUT2D eigenvalue weighted by atomic mass is 28.4. The molecular weight excluding hydrogens is 655 g/mol. The zero-order valence-electron chi connectivity index (χ0n) is 30.5. The Balaban J connectivity index is 1.84. The number of benzene rings is 2. The molecular formula is C37H47N5O7Si. The van der Waals surface area contributed by atoms with Crippen LogP contribution in [0.3, 0.4) is 0 Å². The summed E-state index contributed by atoms with van der Waals surface area (Å²) in [6, 6.07) is 9.00. The first-order valence-corrected chi connectivity index (χ1v) is 19.1. The van der Waals surface area contributed by atoms with Gasteiger partial charge in [0.2, 0.25) is 11.4 Å². The zero-order chi connectivity index (χ0) is 37.0.